The summed E-state index contributed by atoms with van der Waals surface area (Å²) in [5.74, 6) is -2.12. The van der Waals surface area contributed by atoms with E-state index in [0.717, 1.165) is 0 Å². The molecule has 0 aromatic carbocycles. The minimum atomic E-state index is -5.08. The largest absolute Gasteiger partial charge is 0.478 e. The van der Waals surface area contributed by atoms with Crippen LogP contribution in [0, 0.1) is 0 Å². The minimum Gasteiger partial charge on any atom is -0.478 e. The van der Waals surface area contributed by atoms with Crippen LogP contribution in [0.2, 0.25) is 0 Å². The Morgan fingerprint density at radius 1 is 1.44 bits per heavy atom. The van der Waals surface area contributed by atoms with Gasteiger partial charge in [-0.2, -0.15) is 13.2 Å². The number of carboxylic acid groups (broad SMARTS) is 1. The number of hydrogen-bond donors (Lipinski definition) is 2. The van der Waals surface area contributed by atoms with E-state index >= 15 is 0 Å². The number of hydrogen-bond acceptors (Lipinski definition) is 3. The second kappa shape index (κ2) is 4.84. The summed E-state index contributed by atoms with van der Waals surface area (Å²) in [6, 6.07) is 0.356. The Hall–Kier alpha value is -1.77. The zero-order valence-corrected chi connectivity index (χ0v) is 8.63. The van der Waals surface area contributed by atoms with Crippen LogP contribution in [0.5, 0.6) is 0 Å². The predicted octanol–water partition coefficient (Wildman–Crippen LogP) is 2.19. The molecule has 0 unspecified atom stereocenters. The lowest BCUT2D eigenvalue weighted by molar-refractivity contribution is -0.138. The first kappa shape index (κ1) is 14.3. The molecule has 3 N–H and O–H groups in total. The third-order valence-electron chi connectivity index (χ3n) is 2.04. The van der Waals surface area contributed by atoms with Gasteiger partial charge in [0, 0.05) is 6.54 Å². The first-order valence-electron chi connectivity index (χ1n) is 4.51. The highest BCUT2D eigenvalue weighted by Crippen LogP contribution is 2.36. The van der Waals surface area contributed by atoms with E-state index in [2.05, 4.69) is 4.98 Å². The zero-order chi connectivity index (χ0) is 14.1. The molecule has 0 aliphatic rings. The number of alkyl halides is 5. The highest BCUT2D eigenvalue weighted by atomic mass is 19.4. The number of nitrogens with two attached hydrogens (primary N) is 1. The maximum atomic E-state index is 12.6. The fourth-order valence-corrected chi connectivity index (χ4v) is 1.33. The molecule has 0 amide bonds. The number of aromatic nitrogens is 1. The molecule has 0 aliphatic heterocycles. The van der Waals surface area contributed by atoms with E-state index in [4.69, 9.17) is 10.8 Å². The molecule has 18 heavy (non-hydrogen) atoms. The maximum Gasteiger partial charge on any atom is 0.417 e. The number of nitrogens with zero attached hydrogens (tertiary/aromatic N) is 1. The molecule has 4 nitrogen and oxygen atoms in total. The number of rotatable bonds is 3. The van der Waals surface area contributed by atoms with Crippen LogP contribution in [-0.4, -0.2) is 16.1 Å². The molecule has 0 atom stereocenters. The van der Waals surface area contributed by atoms with Crippen molar-refractivity contribution in [3.8, 4) is 0 Å². The quantitative estimate of drug-likeness (QED) is 0.825. The van der Waals surface area contributed by atoms with E-state index in [1.807, 2.05) is 0 Å². The Balaban J connectivity index is 3.66. The molecule has 0 aliphatic carbocycles. The lowest BCUT2D eigenvalue weighted by Crippen LogP contribution is -2.19. The predicted molar refractivity (Wildman–Crippen MR) is 49.0 cm³/mol. The normalized spacial score (nSPS) is 11.9. The number of aromatic carboxylic acids is 1. The van der Waals surface area contributed by atoms with Gasteiger partial charge in [0.05, 0.1) is 16.8 Å². The number of halogens is 5. The van der Waals surface area contributed by atoms with Crippen LogP contribution in [-0.2, 0) is 12.7 Å². The molecular formula is C9H7F5N2O2. The summed E-state index contributed by atoms with van der Waals surface area (Å²) in [6.07, 6.45) is -8.52. The van der Waals surface area contributed by atoms with Gasteiger partial charge in [-0.1, -0.05) is 0 Å². The van der Waals surface area contributed by atoms with Gasteiger partial charge in [0.1, 0.15) is 5.69 Å². The Morgan fingerprint density at radius 3 is 2.33 bits per heavy atom. The van der Waals surface area contributed by atoms with Gasteiger partial charge in [-0.25, -0.2) is 18.6 Å². The van der Waals surface area contributed by atoms with Crippen LogP contribution in [0.4, 0.5) is 22.0 Å². The minimum absolute atomic E-state index is 0.356. The van der Waals surface area contributed by atoms with Crippen molar-refractivity contribution in [2.24, 2.45) is 5.73 Å². The van der Waals surface area contributed by atoms with Gasteiger partial charge >= 0.3 is 12.1 Å². The van der Waals surface area contributed by atoms with E-state index in [0.29, 0.717) is 6.07 Å². The summed E-state index contributed by atoms with van der Waals surface area (Å²) in [4.78, 5) is 13.8. The van der Waals surface area contributed by atoms with Gasteiger partial charge in [0.2, 0.25) is 0 Å². The van der Waals surface area contributed by atoms with Crippen molar-refractivity contribution in [1.82, 2.24) is 4.98 Å². The van der Waals surface area contributed by atoms with Crippen molar-refractivity contribution in [1.29, 1.82) is 0 Å². The molecule has 0 radical (unpaired) electrons. The molecule has 0 saturated heterocycles. The van der Waals surface area contributed by atoms with Crippen LogP contribution < -0.4 is 5.73 Å². The van der Waals surface area contributed by atoms with Crippen molar-refractivity contribution in [2.75, 3.05) is 0 Å². The van der Waals surface area contributed by atoms with Crippen LogP contribution >= 0.6 is 0 Å². The molecule has 100 valence electrons. The lowest BCUT2D eigenvalue weighted by Gasteiger charge is -2.14. The summed E-state index contributed by atoms with van der Waals surface area (Å²) in [7, 11) is 0. The van der Waals surface area contributed by atoms with E-state index in [9.17, 15) is 26.7 Å². The molecule has 1 aromatic rings. The molecule has 9 heteroatoms. The summed E-state index contributed by atoms with van der Waals surface area (Å²) < 4.78 is 62.9. The zero-order valence-electron chi connectivity index (χ0n) is 8.63. The van der Waals surface area contributed by atoms with Crippen molar-refractivity contribution in [3.05, 3.63) is 28.6 Å². The third-order valence-corrected chi connectivity index (χ3v) is 2.04. The average Bonchev–Trinajstić information content (AvgIpc) is 2.25. The maximum absolute atomic E-state index is 12.6. The Kier molecular flexibility index (Phi) is 3.85. The summed E-state index contributed by atoms with van der Waals surface area (Å²) in [5.41, 5.74) is -0.0799. The van der Waals surface area contributed by atoms with E-state index in [1.54, 1.807) is 0 Å². The highest BCUT2D eigenvalue weighted by molar-refractivity contribution is 5.91. The van der Waals surface area contributed by atoms with Gasteiger partial charge in [-0.05, 0) is 6.07 Å². The molecule has 1 rings (SSSR count). The molecule has 1 aromatic heterocycles. The molecule has 0 saturated carbocycles. The standard InChI is InChI=1S/C9H7F5N2O2/c10-7(11)6-5(8(17)18)4(9(12,13)14)1-3(2-15)16-6/h1,7H,2,15H2,(H,17,18). The number of carbonyl (C=O) groups is 1. The van der Waals surface area contributed by atoms with Gasteiger partial charge in [-0.15, -0.1) is 0 Å². The smallest absolute Gasteiger partial charge is 0.417 e. The summed E-state index contributed by atoms with van der Waals surface area (Å²) in [6.45, 7) is -0.511. The van der Waals surface area contributed by atoms with Gasteiger partial charge in [0.15, 0.2) is 0 Å². The third kappa shape index (κ3) is 2.73. The Bertz CT molecular complexity index is 473. The highest BCUT2D eigenvalue weighted by Gasteiger charge is 2.39. The fraction of sp³-hybridized carbons (Fsp3) is 0.333. The Morgan fingerprint density at radius 2 is 2.00 bits per heavy atom. The van der Waals surface area contributed by atoms with Gasteiger partial charge in [0.25, 0.3) is 6.43 Å². The van der Waals surface area contributed by atoms with Crippen LogP contribution in [0.3, 0.4) is 0 Å². The van der Waals surface area contributed by atoms with Gasteiger partial charge in [-0.3, -0.25) is 0 Å². The lowest BCUT2D eigenvalue weighted by atomic mass is 10.0. The van der Waals surface area contributed by atoms with Crippen molar-refractivity contribution < 1.29 is 31.9 Å². The topological polar surface area (TPSA) is 76.2 Å². The van der Waals surface area contributed by atoms with E-state index < -0.39 is 47.6 Å². The van der Waals surface area contributed by atoms with Crippen molar-refractivity contribution in [3.63, 3.8) is 0 Å². The van der Waals surface area contributed by atoms with Crippen LogP contribution in [0.1, 0.15) is 33.7 Å². The van der Waals surface area contributed by atoms with E-state index in [1.165, 1.54) is 0 Å². The average molecular weight is 270 g/mol. The first-order chi connectivity index (χ1) is 8.18. The molecule has 0 spiro atoms. The van der Waals surface area contributed by atoms with Gasteiger partial charge < -0.3 is 10.8 Å². The van der Waals surface area contributed by atoms with Crippen LogP contribution in [0.15, 0.2) is 6.07 Å². The SMILES string of the molecule is NCc1cc(C(F)(F)F)c(C(=O)O)c(C(F)F)n1. The molecule has 0 fully saturated rings. The first-order valence-corrected chi connectivity index (χ1v) is 4.51. The molecule has 0 bridgehead atoms. The van der Waals surface area contributed by atoms with Crippen LogP contribution in [0.25, 0.3) is 0 Å². The summed E-state index contributed by atoms with van der Waals surface area (Å²) >= 11 is 0. The number of pyridine rings is 1. The monoisotopic (exact) mass is 270 g/mol. The fourth-order valence-electron chi connectivity index (χ4n) is 1.33. The molecular weight excluding hydrogens is 263 g/mol. The van der Waals surface area contributed by atoms with Crippen molar-refractivity contribution in [2.45, 2.75) is 19.1 Å². The summed E-state index contributed by atoms with van der Waals surface area (Å²) in [5, 5.41) is 8.62. The number of carboxylic acids is 1. The molecule has 1 heterocycles. The second-order valence-electron chi connectivity index (χ2n) is 3.23. The van der Waals surface area contributed by atoms with Crippen molar-refractivity contribution >= 4 is 5.97 Å². The van der Waals surface area contributed by atoms with E-state index in [-0.39, 0.29) is 0 Å². The second-order valence-corrected chi connectivity index (χ2v) is 3.23. The Labute approximate surface area is 97.2 Å².